The molecule has 1 atom stereocenters. The number of carbonyl (C=O) groups is 1. The predicted molar refractivity (Wildman–Crippen MR) is 91.1 cm³/mol. The molecule has 1 aromatic carbocycles. The lowest BCUT2D eigenvalue weighted by Crippen LogP contribution is -2.79. The first-order valence-corrected chi connectivity index (χ1v) is 7.71. The Morgan fingerprint density at radius 3 is 3.00 bits per heavy atom. The fourth-order valence-corrected chi connectivity index (χ4v) is 2.90. The van der Waals surface area contributed by atoms with Crippen molar-refractivity contribution in [3.05, 3.63) is 59.3 Å². The van der Waals surface area contributed by atoms with E-state index in [1.54, 1.807) is 36.4 Å². The van der Waals surface area contributed by atoms with Gasteiger partial charge in [-0.15, -0.1) is 0 Å². The van der Waals surface area contributed by atoms with Crippen molar-refractivity contribution in [2.45, 2.75) is 13.0 Å². The Labute approximate surface area is 140 Å². The monoisotopic (exact) mass is 320 g/mol. The van der Waals surface area contributed by atoms with Crippen molar-refractivity contribution in [3.8, 4) is 11.8 Å². The molecular formula is C19H18N3O2+. The minimum atomic E-state index is -0.397. The molecule has 5 heteroatoms. The molecule has 0 saturated carbocycles. The molecule has 120 valence electrons. The van der Waals surface area contributed by atoms with Crippen molar-refractivity contribution in [3.63, 3.8) is 0 Å². The number of nitriles is 1. The number of methoxy groups -OCH3 is 1. The van der Waals surface area contributed by atoms with Gasteiger partial charge in [0.1, 0.15) is 5.75 Å². The lowest BCUT2D eigenvalue weighted by molar-refractivity contribution is -0.467. The highest BCUT2D eigenvalue weighted by Gasteiger charge is 2.40. The zero-order valence-electron chi connectivity index (χ0n) is 13.6. The number of amides is 1. The number of rotatable bonds is 4. The molecule has 5 nitrogen and oxygen atoms in total. The fraction of sp³-hybridized carbons (Fsp3) is 0.211. The van der Waals surface area contributed by atoms with Crippen molar-refractivity contribution < 1.29 is 14.5 Å². The first kappa shape index (κ1) is 15.8. The molecule has 1 aromatic rings. The molecule has 2 heterocycles. The van der Waals surface area contributed by atoms with Crippen LogP contribution in [0, 0.1) is 11.3 Å². The quantitative estimate of drug-likeness (QED) is 0.834. The highest BCUT2D eigenvalue weighted by Crippen LogP contribution is 2.36. The second-order valence-electron chi connectivity index (χ2n) is 5.52. The zero-order valence-corrected chi connectivity index (χ0v) is 13.6. The number of ether oxygens (including phenoxy) is 1. The summed E-state index contributed by atoms with van der Waals surface area (Å²) in [5.41, 5.74) is 3.14. The molecule has 3 rings (SSSR count). The van der Waals surface area contributed by atoms with Crippen molar-refractivity contribution in [1.82, 2.24) is 4.90 Å². The van der Waals surface area contributed by atoms with Gasteiger partial charge in [0.05, 0.1) is 18.7 Å². The van der Waals surface area contributed by atoms with Crippen LogP contribution in [0.15, 0.2) is 48.2 Å². The second-order valence-corrected chi connectivity index (χ2v) is 5.52. The summed E-state index contributed by atoms with van der Waals surface area (Å²) in [4.78, 5) is 17.4. The van der Waals surface area contributed by atoms with Gasteiger partial charge in [-0.05, 0) is 25.1 Å². The average Bonchev–Trinajstić information content (AvgIpc) is 3.11. The Morgan fingerprint density at radius 1 is 1.46 bits per heavy atom. The molecule has 24 heavy (non-hydrogen) atoms. The fourth-order valence-electron chi connectivity index (χ4n) is 2.90. The van der Waals surface area contributed by atoms with Gasteiger partial charge in [-0.1, -0.05) is 12.2 Å². The van der Waals surface area contributed by atoms with Crippen LogP contribution >= 0.6 is 0 Å². The van der Waals surface area contributed by atoms with Gasteiger partial charge < -0.3 is 9.64 Å². The van der Waals surface area contributed by atoms with Crippen molar-refractivity contribution >= 4 is 17.7 Å². The Morgan fingerprint density at radius 2 is 2.29 bits per heavy atom. The van der Waals surface area contributed by atoms with E-state index in [0.29, 0.717) is 17.9 Å². The minimum absolute atomic E-state index is 0.00672. The lowest BCUT2D eigenvalue weighted by atomic mass is 9.89. The maximum atomic E-state index is 12.6. The summed E-state index contributed by atoms with van der Waals surface area (Å²) in [6, 6.07) is 7.06. The molecule has 0 fully saturated rings. The standard InChI is InChI=1S/C19H17N3O2/c1-3-4-9-22-12-16(14-7-8-21-18(14)19(22)23)15-10-13(11-20)5-6-17(15)24-2/h3-8,10,12,18H,9H2,1-2H3/p+1. The van der Waals surface area contributed by atoms with Crippen LogP contribution in [-0.2, 0) is 4.79 Å². The normalized spacial score (nSPS) is 19.1. The van der Waals surface area contributed by atoms with Crippen molar-refractivity contribution in [2.75, 3.05) is 13.7 Å². The Bertz CT molecular complexity index is 841. The zero-order chi connectivity index (χ0) is 17.1. The van der Waals surface area contributed by atoms with E-state index in [-0.39, 0.29) is 5.91 Å². The number of carbonyl (C=O) groups excluding carboxylic acids is 1. The summed E-state index contributed by atoms with van der Waals surface area (Å²) < 4.78 is 5.46. The molecule has 0 aromatic heterocycles. The molecular weight excluding hydrogens is 302 g/mol. The first-order chi connectivity index (χ1) is 11.7. The van der Waals surface area contributed by atoms with Crippen LogP contribution in [0.25, 0.3) is 5.57 Å². The van der Waals surface area contributed by atoms with E-state index in [0.717, 1.165) is 16.7 Å². The van der Waals surface area contributed by atoms with Gasteiger partial charge in [-0.2, -0.15) is 5.26 Å². The van der Waals surface area contributed by atoms with Crippen molar-refractivity contribution in [2.24, 2.45) is 0 Å². The molecule has 0 aliphatic carbocycles. The molecule has 2 aliphatic heterocycles. The summed E-state index contributed by atoms with van der Waals surface area (Å²) in [5.74, 6) is 0.680. The smallest absolute Gasteiger partial charge is 0.300 e. The molecule has 1 N–H and O–H groups in total. The maximum absolute atomic E-state index is 12.6. The number of nitrogens with zero attached hydrogens (tertiary/aromatic N) is 2. The minimum Gasteiger partial charge on any atom is -0.496 e. The summed E-state index contributed by atoms with van der Waals surface area (Å²) in [7, 11) is 1.60. The number of fused-ring (bicyclic) bond motifs is 1. The number of hydrogen-bond acceptors (Lipinski definition) is 3. The van der Waals surface area contributed by atoms with Gasteiger partial charge in [0.25, 0.3) is 11.9 Å². The van der Waals surface area contributed by atoms with E-state index in [1.165, 1.54) is 0 Å². The van der Waals surface area contributed by atoms with Gasteiger partial charge in [-0.25, -0.2) is 4.99 Å². The predicted octanol–water partition coefficient (Wildman–Crippen LogP) is 0.786. The summed E-state index contributed by atoms with van der Waals surface area (Å²) in [6.45, 7) is 2.43. The Balaban J connectivity index is 2.14. The van der Waals surface area contributed by atoms with Gasteiger partial charge in [0, 0.05) is 35.5 Å². The van der Waals surface area contributed by atoms with Crippen LogP contribution in [0.1, 0.15) is 18.1 Å². The van der Waals surface area contributed by atoms with E-state index in [1.807, 2.05) is 31.4 Å². The molecule has 2 aliphatic rings. The largest absolute Gasteiger partial charge is 0.496 e. The molecule has 1 amide bonds. The summed E-state index contributed by atoms with van der Waals surface area (Å²) in [5, 5.41) is 9.20. The third-order valence-corrected chi connectivity index (χ3v) is 4.12. The lowest BCUT2D eigenvalue weighted by Gasteiger charge is -2.27. The van der Waals surface area contributed by atoms with Gasteiger partial charge in [-0.3, -0.25) is 4.79 Å². The van der Waals surface area contributed by atoms with Crippen LogP contribution in [0.3, 0.4) is 0 Å². The number of nitrogens with one attached hydrogen (secondary N) is 1. The average molecular weight is 320 g/mol. The Kier molecular flexibility index (Phi) is 4.30. The number of benzene rings is 1. The van der Waals surface area contributed by atoms with Crippen LogP contribution < -0.4 is 9.73 Å². The second kappa shape index (κ2) is 6.55. The van der Waals surface area contributed by atoms with E-state index in [2.05, 4.69) is 11.1 Å². The van der Waals surface area contributed by atoms with Gasteiger partial charge >= 0.3 is 0 Å². The molecule has 0 bridgehead atoms. The molecule has 0 radical (unpaired) electrons. The first-order valence-electron chi connectivity index (χ1n) is 7.71. The topological polar surface area (TPSA) is 67.3 Å². The highest BCUT2D eigenvalue weighted by molar-refractivity contribution is 6.01. The Hall–Kier alpha value is -3.13. The van der Waals surface area contributed by atoms with Crippen molar-refractivity contribution in [1.29, 1.82) is 5.26 Å². The maximum Gasteiger partial charge on any atom is 0.300 e. The van der Waals surface area contributed by atoms with Gasteiger partial charge in [0.2, 0.25) is 0 Å². The van der Waals surface area contributed by atoms with E-state index < -0.39 is 6.04 Å². The molecule has 0 saturated heterocycles. The summed E-state index contributed by atoms with van der Waals surface area (Å²) in [6.07, 6.45) is 9.37. The number of hydrogen-bond donors (Lipinski definition) is 1. The third-order valence-electron chi connectivity index (χ3n) is 4.12. The third kappa shape index (κ3) is 2.63. The number of allylic oxidation sites excluding steroid dienone is 2. The molecule has 1 unspecified atom stereocenters. The summed E-state index contributed by atoms with van der Waals surface area (Å²) >= 11 is 0. The van der Waals surface area contributed by atoms with Crippen LogP contribution in [0.5, 0.6) is 5.75 Å². The SMILES string of the molecule is CC=CCN1C=C(c2cc(C#N)ccc2OC)C2=CC=[NH+]C2C1=O. The van der Waals surface area contributed by atoms with E-state index in [9.17, 15) is 10.1 Å². The highest BCUT2D eigenvalue weighted by atomic mass is 16.5. The molecule has 0 spiro atoms. The van der Waals surface area contributed by atoms with E-state index in [4.69, 9.17) is 4.74 Å². The van der Waals surface area contributed by atoms with Crippen LogP contribution in [0.2, 0.25) is 0 Å². The van der Waals surface area contributed by atoms with E-state index >= 15 is 0 Å². The van der Waals surface area contributed by atoms with Crippen LogP contribution in [0.4, 0.5) is 0 Å². The van der Waals surface area contributed by atoms with Gasteiger partial charge in [0.15, 0.2) is 6.21 Å². The van der Waals surface area contributed by atoms with Crippen LogP contribution in [-0.4, -0.2) is 36.7 Å².